The van der Waals surface area contributed by atoms with Crippen LogP contribution in [0.15, 0.2) is 54.7 Å². The summed E-state index contributed by atoms with van der Waals surface area (Å²) in [4.78, 5) is 30.1. The van der Waals surface area contributed by atoms with Gasteiger partial charge in [0, 0.05) is 61.3 Å². The van der Waals surface area contributed by atoms with Gasteiger partial charge in [-0.1, -0.05) is 38.8 Å². The monoisotopic (exact) mass is 562 g/mol. The van der Waals surface area contributed by atoms with E-state index < -0.39 is 0 Å². The third-order valence-electron chi connectivity index (χ3n) is 7.78. The minimum absolute atomic E-state index is 0.0388. The van der Waals surface area contributed by atoms with E-state index in [4.69, 9.17) is 0 Å². The molecule has 8 nitrogen and oxygen atoms in total. The standard InChI is InChI=1S/C34H38N6O2/c1-23-7-12-29(19-25(23)10-13-31-36-37-32-14-11-27(24(2)41)22-40(31)32)35-33(42)26-8-9-28(30(20-26)34(3,4)5)21-39-17-15-38(6)16-18-39/h7-9,11-12,14,19-20,22H,15-18,21H2,1-6H3,(H,35,42). The summed E-state index contributed by atoms with van der Waals surface area (Å²) in [6, 6.07) is 15.3. The van der Waals surface area contributed by atoms with Crippen molar-refractivity contribution >= 4 is 23.0 Å². The second kappa shape index (κ2) is 11.9. The average Bonchev–Trinajstić information content (AvgIpc) is 3.36. The quantitative estimate of drug-likeness (QED) is 0.274. The van der Waals surface area contributed by atoms with Gasteiger partial charge in [-0.2, -0.15) is 0 Å². The number of piperazine rings is 1. The van der Waals surface area contributed by atoms with Crippen LogP contribution in [0.3, 0.4) is 0 Å². The molecule has 1 aliphatic heterocycles. The maximum atomic E-state index is 13.4. The molecule has 8 heteroatoms. The van der Waals surface area contributed by atoms with Crippen LogP contribution in [0.5, 0.6) is 0 Å². The number of ketones is 1. The van der Waals surface area contributed by atoms with Crippen LogP contribution < -0.4 is 5.32 Å². The second-order valence-corrected chi connectivity index (χ2v) is 12.2. The molecule has 0 aliphatic carbocycles. The number of likely N-dealkylation sites (N-methyl/N-ethyl adjacent to an activating group) is 1. The van der Waals surface area contributed by atoms with Crippen LogP contribution in [-0.4, -0.2) is 69.3 Å². The fraction of sp³-hybridized carbons (Fsp3) is 0.353. The minimum atomic E-state index is -0.158. The molecule has 2 aromatic heterocycles. The lowest BCUT2D eigenvalue weighted by Crippen LogP contribution is -2.44. The van der Waals surface area contributed by atoms with Crippen molar-refractivity contribution in [1.29, 1.82) is 0 Å². The Morgan fingerprint density at radius 2 is 1.67 bits per heavy atom. The van der Waals surface area contributed by atoms with E-state index in [1.165, 1.54) is 18.1 Å². The molecule has 1 fully saturated rings. The number of anilines is 1. The Morgan fingerprint density at radius 1 is 0.929 bits per heavy atom. The molecule has 5 rings (SSSR count). The van der Waals surface area contributed by atoms with Crippen LogP contribution in [0.1, 0.15) is 76.5 Å². The van der Waals surface area contributed by atoms with Crippen molar-refractivity contribution in [1.82, 2.24) is 24.4 Å². The lowest BCUT2D eigenvalue weighted by molar-refractivity contribution is 0.101. The van der Waals surface area contributed by atoms with Crippen molar-refractivity contribution < 1.29 is 9.59 Å². The lowest BCUT2D eigenvalue weighted by Gasteiger charge is -2.34. The third kappa shape index (κ3) is 6.59. The Hall–Kier alpha value is -4.32. The number of fused-ring (bicyclic) bond motifs is 1. The van der Waals surface area contributed by atoms with Crippen molar-refractivity contribution in [3.63, 3.8) is 0 Å². The van der Waals surface area contributed by atoms with Crippen molar-refractivity contribution in [2.45, 2.75) is 46.6 Å². The Kier molecular flexibility index (Phi) is 8.26. The number of aromatic nitrogens is 3. The van der Waals surface area contributed by atoms with Crippen LogP contribution >= 0.6 is 0 Å². The maximum absolute atomic E-state index is 13.4. The number of hydrogen-bond donors (Lipinski definition) is 1. The van der Waals surface area contributed by atoms with Gasteiger partial charge < -0.3 is 10.2 Å². The number of rotatable bonds is 5. The molecule has 0 unspecified atom stereocenters. The van der Waals surface area contributed by atoms with E-state index in [0.717, 1.165) is 43.9 Å². The SMILES string of the molecule is CC(=O)c1ccc2nnc(C#Cc3cc(NC(=O)c4ccc(CN5CCN(C)CC5)c(C(C)(C)C)c4)ccc3C)n2c1. The van der Waals surface area contributed by atoms with Gasteiger partial charge in [0.15, 0.2) is 11.4 Å². The molecule has 0 bridgehead atoms. The summed E-state index contributed by atoms with van der Waals surface area (Å²) in [7, 11) is 2.17. The molecule has 216 valence electrons. The van der Waals surface area contributed by atoms with Gasteiger partial charge in [0.1, 0.15) is 0 Å². The minimum Gasteiger partial charge on any atom is -0.322 e. The summed E-state index contributed by atoms with van der Waals surface area (Å²) in [6.45, 7) is 15.2. The average molecular weight is 563 g/mol. The molecular formula is C34H38N6O2. The highest BCUT2D eigenvalue weighted by Crippen LogP contribution is 2.29. The lowest BCUT2D eigenvalue weighted by atomic mass is 9.82. The largest absolute Gasteiger partial charge is 0.322 e. The smallest absolute Gasteiger partial charge is 0.255 e. The first-order chi connectivity index (χ1) is 20.0. The number of nitrogens with zero attached hydrogens (tertiary/aromatic N) is 5. The molecule has 0 atom stereocenters. The molecule has 0 spiro atoms. The highest BCUT2D eigenvalue weighted by atomic mass is 16.1. The second-order valence-electron chi connectivity index (χ2n) is 12.2. The highest BCUT2D eigenvalue weighted by molar-refractivity contribution is 6.04. The zero-order valence-corrected chi connectivity index (χ0v) is 25.3. The Morgan fingerprint density at radius 3 is 2.38 bits per heavy atom. The van der Waals surface area contributed by atoms with Crippen LogP contribution in [0.4, 0.5) is 5.69 Å². The van der Waals surface area contributed by atoms with E-state index in [-0.39, 0.29) is 17.1 Å². The first-order valence-corrected chi connectivity index (χ1v) is 14.3. The number of Topliss-reactive ketones (excluding diaryl/α,β-unsaturated/α-hetero) is 1. The Bertz CT molecular complexity index is 1710. The molecule has 3 heterocycles. The van der Waals surface area contributed by atoms with E-state index in [2.05, 4.69) is 71.0 Å². The van der Waals surface area contributed by atoms with E-state index in [9.17, 15) is 9.59 Å². The zero-order valence-electron chi connectivity index (χ0n) is 25.3. The number of aryl methyl sites for hydroxylation is 1. The number of benzene rings is 2. The van der Waals surface area contributed by atoms with E-state index in [0.29, 0.717) is 28.3 Å². The van der Waals surface area contributed by atoms with E-state index in [1.54, 1.807) is 22.7 Å². The Labute approximate surface area is 247 Å². The molecule has 1 N–H and O–H groups in total. The zero-order chi connectivity index (χ0) is 30.0. The summed E-state index contributed by atoms with van der Waals surface area (Å²) in [6.07, 6.45) is 1.70. The van der Waals surface area contributed by atoms with Gasteiger partial charge in [-0.3, -0.25) is 18.9 Å². The number of pyridine rings is 1. The fourth-order valence-corrected chi connectivity index (χ4v) is 5.15. The van der Waals surface area contributed by atoms with E-state index in [1.807, 2.05) is 37.3 Å². The number of amides is 1. The molecule has 1 amide bonds. The molecule has 4 aromatic rings. The van der Waals surface area contributed by atoms with Crippen LogP contribution in [-0.2, 0) is 12.0 Å². The molecule has 2 aromatic carbocycles. The van der Waals surface area contributed by atoms with Gasteiger partial charge in [-0.15, -0.1) is 10.2 Å². The maximum Gasteiger partial charge on any atom is 0.255 e. The summed E-state index contributed by atoms with van der Waals surface area (Å²) in [5.41, 5.74) is 6.59. The van der Waals surface area contributed by atoms with E-state index >= 15 is 0 Å². The third-order valence-corrected chi connectivity index (χ3v) is 7.78. The molecule has 0 saturated carbocycles. The first kappa shape index (κ1) is 29.2. The van der Waals surface area contributed by atoms with Crippen LogP contribution in [0.2, 0.25) is 0 Å². The van der Waals surface area contributed by atoms with Crippen molar-refractivity contribution in [3.8, 4) is 11.8 Å². The van der Waals surface area contributed by atoms with Crippen LogP contribution in [0, 0.1) is 18.8 Å². The molecule has 42 heavy (non-hydrogen) atoms. The van der Waals surface area contributed by atoms with Gasteiger partial charge in [-0.05, 0) is 85.3 Å². The summed E-state index contributed by atoms with van der Waals surface area (Å²) >= 11 is 0. The number of hydrogen-bond acceptors (Lipinski definition) is 6. The fourth-order valence-electron chi connectivity index (χ4n) is 5.15. The predicted molar refractivity (Wildman–Crippen MR) is 166 cm³/mol. The Balaban J connectivity index is 1.36. The molecular weight excluding hydrogens is 524 g/mol. The number of nitrogens with one attached hydrogen (secondary N) is 1. The van der Waals surface area contributed by atoms with Gasteiger partial charge in [0.2, 0.25) is 5.82 Å². The van der Waals surface area contributed by atoms with Crippen molar-refractivity contribution in [2.24, 2.45) is 0 Å². The topological polar surface area (TPSA) is 82.8 Å². The predicted octanol–water partition coefficient (Wildman–Crippen LogP) is 4.94. The normalized spacial score (nSPS) is 14.4. The van der Waals surface area contributed by atoms with Gasteiger partial charge in [0.05, 0.1) is 0 Å². The van der Waals surface area contributed by atoms with Gasteiger partial charge in [0.25, 0.3) is 5.91 Å². The van der Waals surface area contributed by atoms with Gasteiger partial charge in [-0.25, -0.2) is 0 Å². The van der Waals surface area contributed by atoms with Crippen molar-refractivity contribution in [3.05, 3.63) is 93.9 Å². The molecule has 0 radical (unpaired) electrons. The highest BCUT2D eigenvalue weighted by Gasteiger charge is 2.23. The summed E-state index contributed by atoms with van der Waals surface area (Å²) in [5, 5.41) is 11.4. The molecule has 1 saturated heterocycles. The first-order valence-electron chi connectivity index (χ1n) is 14.3. The van der Waals surface area contributed by atoms with Crippen LogP contribution in [0.25, 0.3) is 5.65 Å². The van der Waals surface area contributed by atoms with Crippen molar-refractivity contribution in [2.75, 3.05) is 38.5 Å². The summed E-state index contributed by atoms with van der Waals surface area (Å²) < 4.78 is 1.71. The number of carbonyl (C=O) groups excluding carboxylic acids is 2. The number of carbonyl (C=O) groups is 2. The van der Waals surface area contributed by atoms with Gasteiger partial charge >= 0.3 is 0 Å². The summed E-state index contributed by atoms with van der Waals surface area (Å²) in [5.74, 6) is 6.49. The molecule has 1 aliphatic rings.